The van der Waals surface area contributed by atoms with E-state index in [2.05, 4.69) is 4.98 Å². The Morgan fingerprint density at radius 1 is 1.39 bits per heavy atom. The molecule has 0 atom stereocenters. The van der Waals surface area contributed by atoms with Gasteiger partial charge in [0.05, 0.1) is 10.6 Å². The van der Waals surface area contributed by atoms with Gasteiger partial charge in [-0.05, 0) is 25.1 Å². The van der Waals surface area contributed by atoms with Crippen molar-refractivity contribution < 1.29 is 8.42 Å². The number of benzene rings is 1. The summed E-state index contributed by atoms with van der Waals surface area (Å²) in [5.41, 5.74) is 6.04. The van der Waals surface area contributed by atoms with Gasteiger partial charge in [0.15, 0.2) is 9.84 Å². The number of rotatable bonds is 4. The van der Waals surface area contributed by atoms with E-state index >= 15 is 0 Å². The molecule has 2 N–H and O–H groups in total. The van der Waals surface area contributed by atoms with Crippen molar-refractivity contribution in [3.8, 4) is 0 Å². The zero-order chi connectivity index (χ0) is 13.2. The Hall–Kier alpha value is -1.82. The highest BCUT2D eigenvalue weighted by atomic mass is 32.2. The maximum atomic E-state index is 12.1. The van der Waals surface area contributed by atoms with Gasteiger partial charge in [0.2, 0.25) is 0 Å². The number of hydrogen-bond donors (Lipinski definition) is 1. The fourth-order valence-electron chi connectivity index (χ4n) is 1.68. The molecule has 0 aliphatic rings. The summed E-state index contributed by atoms with van der Waals surface area (Å²) in [6.07, 6.45) is 3.42. The Bertz CT molecular complexity index is 647. The van der Waals surface area contributed by atoms with Gasteiger partial charge in [-0.25, -0.2) is 13.4 Å². The third kappa shape index (κ3) is 2.70. The lowest BCUT2D eigenvalue weighted by molar-refractivity contribution is 0.587. The lowest BCUT2D eigenvalue weighted by Gasteiger charge is -2.07. The SMILES string of the molecule is Cc1nccn1CCS(=O)(=O)c1cccc(N)c1. The Morgan fingerprint density at radius 2 is 2.17 bits per heavy atom. The van der Waals surface area contributed by atoms with Crippen molar-refractivity contribution in [3.05, 3.63) is 42.5 Å². The molecule has 1 aromatic carbocycles. The number of aryl methyl sites for hydroxylation is 2. The van der Waals surface area contributed by atoms with Gasteiger partial charge in [-0.15, -0.1) is 0 Å². The lowest BCUT2D eigenvalue weighted by Crippen LogP contribution is -2.13. The summed E-state index contributed by atoms with van der Waals surface area (Å²) in [5.74, 6) is 0.839. The summed E-state index contributed by atoms with van der Waals surface area (Å²) in [6, 6.07) is 6.35. The Morgan fingerprint density at radius 3 is 2.78 bits per heavy atom. The Kier molecular flexibility index (Phi) is 3.38. The van der Waals surface area contributed by atoms with Crippen LogP contribution in [0.15, 0.2) is 41.6 Å². The predicted molar refractivity (Wildman–Crippen MR) is 69.9 cm³/mol. The van der Waals surface area contributed by atoms with Crippen molar-refractivity contribution in [2.45, 2.75) is 18.4 Å². The van der Waals surface area contributed by atoms with Gasteiger partial charge < -0.3 is 10.3 Å². The molecule has 18 heavy (non-hydrogen) atoms. The van der Waals surface area contributed by atoms with Crippen molar-refractivity contribution in [2.24, 2.45) is 0 Å². The molecule has 96 valence electrons. The highest BCUT2D eigenvalue weighted by Gasteiger charge is 2.14. The van der Waals surface area contributed by atoms with Crippen LogP contribution in [0.3, 0.4) is 0 Å². The summed E-state index contributed by atoms with van der Waals surface area (Å²) in [5, 5.41) is 0. The smallest absolute Gasteiger partial charge is 0.180 e. The molecule has 0 aliphatic carbocycles. The molecule has 0 aliphatic heterocycles. The van der Waals surface area contributed by atoms with Crippen LogP contribution >= 0.6 is 0 Å². The van der Waals surface area contributed by atoms with Gasteiger partial charge in [0, 0.05) is 24.6 Å². The first-order valence-electron chi connectivity index (χ1n) is 5.55. The van der Waals surface area contributed by atoms with Crippen molar-refractivity contribution in [1.29, 1.82) is 0 Å². The first-order chi connectivity index (χ1) is 8.49. The van der Waals surface area contributed by atoms with E-state index in [-0.39, 0.29) is 10.6 Å². The monoisotopic (exact) mass is 265 g/mol. The van der Waals surface area contributed by atoms with E-state index in [0.717, 1.165) is 5.82 Å². The van der Waals surface area contributed by atoms with Crippen LogP contribution in [-0.4, -0.2) is 23.7 Å². The zero-order valence-corrected chi connectivity index (χ0v) is 10.9. The normalized spacial score (nSPS) is 11.6. The van der Waals surface area contributed by atoms with Crippen LogP contribution in [0.4, 0.5) is 5.69 Å². The number of aromatic nitrogens is 2. The standard InChI is InChI=1S/C12H15N3O2S/c1-10-14-5-6-15(10)7-8-18(16,17)12-4-2-3-11(13)9-12/h2-6,9H,7-8,13H2,1H3. The van der Waals surface area contributed by atoms with E-state index < -0.39 is 9.84 Å². The van der Waals surface area contributed by atoms with Crippen molar-refractivity contribution in [3.63, 3.8) is 0 Å². The first-order valence-corrected chi connectivity index (χ1v) is 7.20. The highest BCUT2D eigenvalue weighted by Crippen LogP contribution is 2.15. The van der Waals surface area contributed by atoms with Crippen LogP contribution in [0, 0.1) is 6.92 Å². The average molecular weight is 265 g/mol. The number of hydrogen-bond acceptors (Lipinski definition) is 4. The largest absolute Gasteiger partial charge is 0.399 e. The first kappa shape index (κ1) is 12.6. The van der Waals surface area contributed by atoms with Crippen LogP contribution in [0.5, 0.6) is 0 Å². The van der Waals surface area contributed by atoms with Crippen molar-refractivity contribution in [1.82, 2.24) is 9.55 Å². The van der Waals surface area contributed by atoms with Gasteiger partial charge in [-0.1, -0.05) is 6.07 Å². The molecule has 1 aromatic heterocycles. The molecule has 0 bridgehead atoms. The van der Waals surface area contributed by atoms with Crippen LogP contribution in [0.1, 0.15) is 5.82 Å². The Balaban J connectivity index is 2.16. The zero-order valence-electron chi connectivity index (χ0n) is 10.1. The highest BCUT2D eigenvalue weighted by molar-refractivity contribution is 7.91. The molecule has 6 heteroatoms. The second kappa shape index (κ2) is 4.81. The third-order valence-corrected chi connectivity index (χ3v) is 4.43. The lowest BCUT2D eigenvalue weighted by atomic mass is 10.3. The van der Waals surface area contributed by atoms with Gasteiger partial charge in [-0.3, -0.25) is 0 Å². The quantitative estimate of drug-likeness (QED) is 0.844. The number of anilines is 1. The van der Waals surface area contributed by atoms with E-state index in [0.29, 0.717) is 12.2 Å². The fraction of sp³-hybridized carbons (Fsp3) is 0.250. The minimum absolute atomic E-state index is 0.0354. The van der Waals surface area contributed by atoms with Crippen molar-refractivity contribution >= 4 is 15.5 Å². The molecule has 2 aromatic rings. The molecule has 0 radical (unpaired) electrons. The van der Waals surface area contributed by atoms with Crippen LogP contribution in [0.2, 0.25) is 0 Å². The van der Waals surface area contributed by atoms with Gasteiger partial charge in [0.25, 0.3) is 0 Å². The number of nitrogen functional groups attached to an aromatic ring is 1. The molecule has 0 spiro atoms. The van der Waals surface area contributed by atoms with Gasteiger partial charge >= 0.3 is 0 Å². The predicted octanol–water partition coefficient (Wildman–Crippen LogP) is 1.25. The average Bonchev–Trinajstić information content (AvgIpc) is 2.72. The van der Waals surface area contributed by atoms with Crippen molar-refractivity contribution in [2.75, 3.05) is 11.5 Å². The van der Waals surface area contributed by atoms with Crippen LogP contribution < -0.4 is 5.73 Å². The van der Waals surface area contributed by atoms with E-state index in [1.807, 2.05) is 11.5 Å². The molecule has 0 amide bonds. The summed E-state index contributed by atoms with van der Waals surface area (Å²) in [6.45, 7) is 2.23. The fourth-order valence-corrected chi connectivity index (χ4v) is 2.96. The topological polar surface area (TPSA) is 78.0 Å². The molecule has 0 saturated heterocycles. The number of imidazole rings is 1. The minimum atomic E-state index is -3.30. The van der Waals surface area contributed by atoms with Crippen LogP contribution in [-0.2, 0) is 16.4 Å². The van der Waals surface area contributed by atoms with E-state index in [4.69, 9.17) is 5.73 Å². The molecule has 1 heterocycles. The molecular formula is C12H15N3O2S. The third-order valence-electron chi connectivity index (χ3n) is 2.74. The summed E-state index contributed by atoms with van der Waals surface area (Å²) in [7, 11) is -3.30. The van der Waals surface area contributed by atoms with E-state index in [1.165, 1.54) is 6.07 Å². The second-order valence-corrected chi connectivity index (χ2v) is 6.17. The van der Waals surface area contributed by atoms with Gasteiger partial charge in [-0.2, -0.15) is 0 Å². The number of nitrogens with two attached hydrogens (primary N) is 1. The van der Waals surface area contributed by atoms with Crippen LogP contribution in [0.25, 0.3) is 0 Å². The molecule has 5 nitrogen and oxygen atoms in total. The molecule has 0 unspecified atom stereocenters. The molecular weight excluding hydrogens is 250 g/mol. The molecule has 2 rings (SSSR count). The second-order valence-electron chi connectivity index (χ2n) is 4.06. The Labute approximate surface area is 106 Å². The maximum Gasteiger partial charge on any atom is 0.180 e. The summed E-state index contributed by atoms with van der Waals surface area (Å²) >= 11 is 0. The minimum Gasteiger partial charge on any atom is -0.399 e. The van der Waals surface area contributed by atoms with E-state index in [1.54, 1.807) is 30.6 Å². The summed E-state index contributed by atoms with van der Waals surface area (Å²) in [4.78, 5) is 4.32. The number of sulfone groups is 1. The summed E-state index contributed by atoms with van der Waals surface area (Å²) < 4.78 is 26.0. The molecule has 0 fully saturated rings. The van der Waals surface area contributed by atoms with E-state index in [9.17, 15) is 8.42 Å². The number of nitrogens with zero attached hydrogens (tertiary/aromatic N) is 2. The maximum absolute atomic E-state index is 12.1. The molecule has 0 saturated carbocycles. The van der Waals surface area contributed by atoms with Gasteiger partial charge in [0.1, 0.15) is 5.82 Å².